The number of aliphatic hydroxyl groups excluding tert-OH is 1. The van der Waals surface area contributed by atoms with Gasteiger partial charge in [-0.2, -0.15) is 13.2 Å². The molecule has 1 heterocycles. The van der Waals surface area contributed by atoms with Gasteiger partial charge in [-0.15, -0.1) is 0 Å². The standard InChI is InChI=1S/C22H19ClF3NO5/c1-12(21(31,22(24,25)26)14-4-9-19(28)27-11-14)17-8-7-16(10-18(17)23)32-15-5-2-13(3-6-15)20(29)30/h2-8,10-12,19,28,31H,9H2,1H3,(H,29,30). The van der Waals surface area contributed by atoms with Gasteiger partial charge in [0.1, 0.15) is 17.7 Å². The summed E-state index contributed by atoms with van der Waals surface area (Å²) >= 11 is 6.25. The maximum atomic E-state index is 14.0. The highest BCUT2D eigenvalue weighted by molar-refractivity contribution is 6.31. The number of halogens is 4. The van der Waals surface area contributed by atoms with Gasteiger partial charge >= 0.3 is 12.1 Å². The van der Waals surface area contributed by atoms with Gasteiger partial charge in [0, 0.05) is 29.1 Å². The molecule has 0 saturated carbocycles. The lowest BCUT2D eigenvalue weighted by Gasteiger charge is -2.38. The third-order valence-electron chi connectivity index (χ3n) is 5.21. The zero-order chi connectivity index (χ0) is 23.7. The molecule has 0 aromatic heterocycles. The largest absolute Gasteiger partial charge is 0.478 e. The van der Waals surface area contributed by atoms with Crippen molar-refractivity contribution in [3.05, 3.63) is 70.3 Å². The number of dihydropyridines is 1. The van der Waals surface area contributed by atoms with E-state index in [4.69, 9.17) is 21.4 Å². The molecule has 3 rings (SSSR count). The highest BCUT2D eigenvalue weighted by atomic mass is 35.5. The molecule has 2 aromatic rings. The molecule has 2 aromatic carbocycles. The van der Waals surface area contributed by atoms with E-state index in [0.29, 0.717) is 5.75 Å². The summed E-state index contributed by atoms with van der Waals surface area (Å²) in [5, 5.41) is 29.1. The minimum atomic E-state index is -5.04. The van der Waals surface area contributed by atoms with E-state index in [0.717, 1.165) is 12.3 Å². The Hall–Kier alpha value is -2.88. The van der Waals surface area contributed by atoms with E-state index < -0.39 is 35.5 Å². The normalized spacial score (nSPS) is 19.1. The minimum Gasteiger partial charge on any atom is -0.478 e. The van der Waals surface area contributed by atoms with Crippen molar-refractivity contribution in [3.63, 3.8) is 0 Å². The number of aliphatic hydroxyl groups is 2. The van der Waals surface area contributed by atoms with Crippen LogP contribution < -0.4 is 4.74 Å². The molecule has 3 N–H and O–H groups in total. The van der Waals surface area contributed by atoms with Crippen molar-refractivity contribution < 1.29 is 38.0 Å². The Morgan fingerprint density at radius 2 is 1.81 bits per heavy atom. The minimum absolute atomic E-state index is 0.0282. The predicted molar refractivity (Wildman–Crippen MR) is 112 cm³/mol. The molecule has 32 heavy (non-hydrogen) atoms. The number of ether oxygens (including phenoxy) is 1. The van der Waals surface area contributed by atoms with E-state index in [-0.39, 0.29) is 28.3 Å². The van der Waals surface area contributed by atoms with Crippen LogP contribution in [0.25, 0.3) is 0 Å². The fourth-order valence-electron chi connectivity index (χ4n) is 3.37. The first-order chi connectivity index (χ1) is 14.9. The number of rotatable bonds is 6. The number of aliphatic imine (C=N–C) groups is 1. The molecule has 0 saturated heterocycles. The van der Waals surface area contributed by atoms with Gasteiger partial charge in [0.15, 0.2) is 5.60 Å². The van der Waals surface area contributed by atoms with Crippen molar-refractivity contribution in [1.29, 1.82) is 0 Å². The molecule has 3 atom stereocenters. The highest BCUT2D eigenvalue weighted by Crippen LogP contribution is 2.48. The molecular formula is C22H19ClF3NO5. The highest BCUT2D eigenvalue weighted by Gasteiger charge is 2.59. The first kappa shape index (κ1) is 23.8. The second-order valence-corrected chi connectivity index (χ2v) is 7.66. The van der Waals surface area contributed by atoms with Crippen LogP contribution in [0.1, 0.15) is 35.2 Å². The molecule has 6 nitrogen and oxygen atoms in total. The zero-order valence-electron chi connectivity index (χ0n) is 16.7. The molecule has 170 valence electrons. The molecule has 10 heteroatoms. The fourth-order valence-corrected chi connectivity index (χ4v) is 3.71. The molecule has 3 unspecified atom stereocenters. The van der Waals surface area contributed by atoms with Crippen LogP contribution in [0.4, 0.5) is 13.2 Å². The molecule has 0 spiro atoms. The van der Waals surface area contributed by atoms with Crippen LogP contribution in [0.15, 0.2) is 59.1 Å². The van der Waals surface area contributed by atoms with Crippen molar-refractivity contribution in [1.82, 2.24) is 0 Å². The van der Waals surface area contributed by atoms with E-state index in [1.807, 2.05) is 0 Å². The Labute approximate surface area is 186 Å². The van der Waals surface area contributed by atoms with Crippen LogP contribution in [0.5, 0.6) is 11.5 Å². The van der Waals surface area contributed by atoms with Crippen molar-refractivity contribution in [3.8, 4) is 11.5 Å². The maximum Gasteiger partial charge on any atom is 0.422 e. The van der Waals surface area contributed by atoms with Crippen LogP contribution >= 0.6 is 11.6 Å². The number of carboxylic acids is 1. The average molecular weight is 470 g/mol. The van der Waals surface area contributed by atoms with Crippen molar-refractivity contribution in [2.24, 2.45) is 4.99 Å². The molecule has 0 bridgehead atoms. The van der Waals surface area contributed by atoms with Gasteiger partial charge in [-0.3, -0.25) is 4.99 Å². The zero-order valence-corrected chi connectivity index (χ0v) is 17.4. The van der Waals surface area contributed by atoms with Gasteiger partial charge in [0.05, 0.1) is 5.56 Å². The first-order valence-corrected chi connectivity index (χ1v) is 9.83. The molecule has 0 fully saturated rings. The lowest BCUT2D eigenvalue weighted by molar-refractivity contribution is -0.249. The summed E-state index contributed by atoms with van der Waals surface area (Å²) < 4.78 is 47.5. The fraction of sp³-hybridized carbons (Fsp3) is 0.273. The Bertz CT molecular complexity index is 1070. The molecule has 0 amide bonds. The number of carbonyl (C=O) groups is 1. The van der Waals surface area contributed by atoms with Gasteiger partial charge < -0.3 is 20.1 Å². The summed E-state index contributed by atoms with van der Waals surface area (Å²) in [5.74, 6) is -2.08. The van der Waals surface area contributed by atoms with Crippen LogP contribution in [0.3, 0.4) is 0 Å². The lowest BCUT2D eigenvalue weighted by Crippen LogP contribution is -2.52. The molecule has 0 radical (unpaired) electrons. The Morgan fingerprint density at radius 3 is 2.31 bits per heavy atom. The van der Waals surface area contributed by atoms with E-state index in [1.54, 1.807) is 0 Å². The summed E-state index contributed by atoms with van der Waals surface area (Å²) in [6.07, 6.45) is -4.43. The van der Waals surface area contributed by atoms with Gasteiger partial charge in [0.2, 0.25) is 0 Å². The predicted octanol–water partition coefficient (Wildman–Crippen LogP) is 4.95. The van der Waals surface area contributed by atoms with Crippen molar-refractivity contribution in [2.45, 2.75) is 37.3 Å². The number of hydrogen-bond donors (Lipinski definition) is 3. The molecular weight excluding hydrogens is 451 g/mol. The van der Waals surface area contributed by atoms with Crippen LogP contribution in [0.2, 0.25) is 5.02 Å². The van der Waals surface area contributed by atoms with Gasteiger partial charge in [-0.25, -0.2) is 4.79 Å². The average Bonchev–Trinajstić information content (AvgIpc) is 2.73. The monoisotopic (exact) mass is 469 g/mol. The van der Waals surface area contributed by atoms with Gasteiger partial charge in [-0.1, -0.05) is 30.7 Å². The van der Waals surface area contributed by atoms with Crippen molar-refractivity contribution >= 4 is 23.8 Å². The number of nitrogens with zero attached hydrogens (tertiary/aromatic N) is 1. The smallest absolute Gasteiger partial charge is 0.422 e. The summed E-state index contributed by atoms with van der Waals surface area (Å²) in [5.41, 5.74) is -3.66. The SMILES string of the molecule is CC(c1ccc(Oc2ccc(C(=O)O)cc2)cc1Cl)C(O)(C1=CCC(O)N=C1)C(F)(F)F. The molecule has 1 aliphatic rings. The van der Waals surface area contributed by atoms with Crippen LogP contribution in [-0.4, -0.2) is 45.5 Å². The van der Waals surface area contributed by atoms with E-state index in [1.165, 1.54) is 49.4 Å². The summed E-state index contributed by atoms with van der Waals surface area (Å²) in [7, 11) is 0. The third-order valence-corrected chi connectivity index (χ3v) is 5.54. The van der Waals surface area contributed by atoms with Gasteiger partial charge in [-0.05, 0) is 42.0 Å². The number of alkyl halides is 3. The van der Waals surface area contributed by atoms with Crippen LogP contribution in [0, 0.1) is 0 Å². The first-order valence-electron chi connectivity index (χ1n) is 9.45. The molecule has 0 aliphatic carbocycles. The van der Waals surface area contributed by atoms with E-state index in [9.17, 15) is 28.2 Å². The maximum absolute atomic E-state index is 14.0. The molecule has 1 aliphatic heterocycles. The Kier molecular flexibility index (Phi) is 6.64. The number of carboxylic acid groups (broad SMARTS) is 1. The topological polar surface area (TPSA) is 99.4 Å². The number of benzene rings is 2. The number of hydrogen-bond acceptors (Lipinski definition) is 5. The van der Waals surface area contributed by atoms with E-state index >= 15 is 0 Å². The van der Waals surface area contributed by atoms with E-state index in [2.05, 4.69) is 4.99 Å². The summed E-state index contributed by atoms with van der Waals surface area (Å²) in [4.78, 5) is 14.5. The summed E-state index contributed by atoms with van der Waals surface area (Å²) in [6.45, 7) is 1.19. The second-order valence-electron chi connectivity index (χ2n) is 7.25. The quantitative estimate of drug-likeness (QED) is 0.556. The van der Waals surface area contributed by atoms with Crippen molar-refractivity contribution in [2.75, 3.05) is 0 Å². The van der Waals surface area contributed by atoms with Crippen LogP contribution in [-0.2, 0) is 0 Å². The summed E-state index contributed by atoms with van der Waals surface area (Å²) in [6, 6.07) is 9.57. The lowest BCUT2D eigenvalue weighted by atomic mass is 9.77. The number of aromatic carboxylic acids is 1. The van der Waals surface area contributed by atoms with Gasteiger partial charge in [0.25, 0.3) is 0 Å². The second kappa shape index (κ2) is 8.93. The Morgan fingerprint density at radius 1 is 1.19 bits per heavy atom. The third kappa shape index (κ3) is 4.64. The Balaban J connectivity index is 1.89.